The highest BCUT2D eigenvalue weighted by Gasteiger charge is 2.22. The number of nitrogens with zero attached hydrogens (tertiary/aromatic N) is 4. The predicted molar refractivity (Wildman–Crippen MR) is 238 cm³/mol. The van der Waals surface area contributed by atoms with Crippen LogP contribution in [0, 0.1) is 0 Å². The Bertz CT molecular complexity index is 3820. The summed E-state index contributed by atoms with van der Waals surface area (Å²) in [4.78, 5) is 15.8. The van der Waals surface area contributed by atoms with Gasteiger partial charge in [-0.2, -0.15) is 9.97 Å². The van der Waals surface area contributed by atoms with Crippen molar-refractivity contribution >= 4 is 97.2 Å². The van der Waals surface area contributed by atoms with Gasteiger partial charge in [-0.3, -0.25) is 4.57 Å². The van der Waals surface area contributed by atoms with Gasteiger partial charge in [0.1, 0.15) is 22.3 Å². The predicted octanol–water partition coefficient (Wildman–Crippen LogP) is 14.1. The molecule has 0 radical (unpaired) electrons. The summed E-state index contributed by atoms with van der Waals surface area (Å²) in [6, 6.07) is 59.0. The van der Waals surface area contributed by atoms with Crippen molar-refractivity contribution in [1.82, 2.24) is 19.5 Å². The van der Waals surface area contributed by atoms with Crippen LogP contribution in [0.3, 0.4) is 0 Å². The zero-order valence-electron chi connectivity index (χ0n) is 30.7. The van der Waals surface area contributed by atoms with Gasteiger partial charge in [-0.25, -0.2) is 4.98 Å². The maximum absolute atomic E-state index is 6.60. The molecular formula is C51H28N4O2S. The van der Waals surface area contributed by atoms with Gasteiger partial charge in [0.2, 0.25) is 5.95 Å². The third-order valence-corrected chi connectivity index (χ3v) is 12.6. The Kier molecular flexibility index (Phi) is 6.50. The first-order chi connectivity index (χ1) is 28.7. The minimum Gasteiger partial charge on any atom is -0.456 e. The average molecular weight is 761 g/mol. The van der Waals surface area contributed by atoms with Crippen LogP contribution in [0.1, 0.15) is 0 Å². The lowest BCUT2D eigenvalue weighted by Gasteiger charge is -2.11. The van der Waals surface area contributed by atoms with Crippen molar-refractivity contribution in [2.75, 3.05) is 0 Å². The summed E-state index contributed by atoms with van der Waals surface area (Å²) in [6.07, 6.45) is 0. The number of benzene rings is 8. The molecule has 6 nitrogen and oxygen atoms in total. The molecular weight excluding hydrogens is 733 g/mol. The van der Waals surface area contributed by atoms with E-state index in [9.17, 15) is 0 Å². The van der Waals surface area contributed by atoms with Crippen molar-refractivity contribution in [2.24, 2.45) is 0 Å². The SMILES string of the molecule is c1ccc(-c2cccc3oc4cc(-c5nc(-c6ccc7c(c6)sc6ccccc67)nc(-n6c7ccccc7c7c8oc9ccccc9c8ccc76)n5)ccc4c23)cc1. The Balaban J connectivity index is 1.07. The maximum atomic E-state index is 6.60. The molecule has 0 spiro atoms. The molecule has 270 valence electrons. The molecule has 5 heterocycles. The van der Waals surface area contributed by atoms with E-state index in [1.807, 2.05) is 24.3 Å². The summed E-state index contributed by atoms with van der Waals surface area (Å²) in [5.74, 6) is 1.66. The van der Waals surface area contributed by atoms with Crippen molar-refractivity contribution in [2.45, 2.75) is 0 Å². The number of furan rings is 2. The Morgan fingerprint density at radius 3 is 1.97 bits per heavy atom. The van der Waals surface area contributed by atoms with E-state index < -0.39 is 0 Å². The molecule has 0 unspecified atom stereocenters. The van der Waals surface area contributed by atoms with Crippen LogP contribution in [-0.4, -0.2) is 19.5 Å². The Morgan fingerprint density at radius 2 is 1.09 bits per heavy atom. The third kappa shape index (κ3) is 4.56. The van der Waals surface area contributed by atoms with Gasteiger partial charge < -0.3 is 8.83 Å². The molecule has 0 aliphatic heterocycles. The number of hydrogen-bond donors (Lipinski definition) is 0. The molecule has 0 N–H and O–H groups in total. The second kappa shape index (κ2) is 11.9. The van der Waals surface area contributed by atoms with Crippen LogP contribution < -0.4 is 0 Å². The summed E-state index contributed by atoms with van der Waals surface area (Å²) >= 11 is 1.78. The number of para-hydroxylation sites is 2. The molecule has 0 fully saturated rings. The molecule has 58 heavy (non-hydrogen) atoms. The molecule has 0 amide bonds. The van der Waals surface area contributed by atoms with Crippen molar-refractivity contribution in [1.29, 1.82) is 0 Å². The fraction of sp³-hybridized carbons (Fsp3) is 0. The lowest BCUT2D eigenvalue weighted by molar-refractivity contribution is 0.669. The standard InChI is InChI=1S/C51H28N4O2S/c1-2-11-29(12-3-1)32-16-10-19-42-46(32)38-24-22-30(27-43(38)56-42)49-52-50(31-21-23-35-34-14-6-9-20-44(34)58-45(35)28-31)54-51(53-49)55-39-17-7-4-15-37(39)47-40(55)26-25-36-33-13-5-8-18-41(33)57-48(36)47/h1-28H. The molecule has 5 aromatic heterocycles. The second-order valence-corrected chi connectivity index (χ2v) is 15.8. The molecule has 7 heteroatoms. The van der Waals surface area contributed by atoms with Gasteiger partial charge in [0, 0.05) is 58.2 Å². The lowest BCUT2D eigenvalue weighted by Crippen LogP contribution is -2.06. The van der Waals surface area contributed by atoms with E-state index in [0.717, 1.165) is 87.9 Å². The van der Waals surface area contributed by atoms with Crippen LogP contribution in [0.5, 0.6) is 0 Å². The Morgan fingerprint density at radius 1 is 0.397 bits per heavy atom. The van der Waals surface area contributed by atoms with E-state index in [0.29, 0.717) is 17.6 Å². The van der Waals surface area contributed by atoms with Crippen LogP contribution >= 0.6 is 11.3 Å². The van der Waals surface area contributed by atoms with Gasteiger partial charge in [0.05, 0.1) is 16.4 Å². The van der Waals surface area contributed by atoms with Crippen molar-refractivity contribution < 1.29 is 8.83 Å². The van der Waals surface area contributed by atoms with E-state index in [4.69, 9.17) is 23.8 Å². The molecule has 13 aromatic rings. The van der Waals surface area contributed by atoms with Crippen LogP contribution in [0.4, 0.5) is 0 Å². The first-order valence-corrected chi connectivity index (χ1v) is 20.1. The topological polar surface area (TPSA) is 69.9 Å². The molecule has 0 saturated carbocycles. The average Bonchev–Trinajstić information content (AvgIpc) is 4.04. The number of thiophene rings is 1. The summed E-state index contributed by atoms with van der Waals surface area (Å²) < 4.78 is 17.8. The van der Waals surface area contributed by atoms with Crippen molar-refractivity contribution in [3.63, 3.8) is 0 Å². The zero-order chi connectivity index (χ0) is 37.9. The zero-order valence-corrected chi connectivity index (χ0v) is 31.5. The van der Waals surface area contributed by atoms with Crippen molar-refractivity contribution in [3.8, 4) is 39.9 Å². The lowest BCUT2D eigenvalue weighted by atomic mass is 9.99. The Labute approximate surface area is 333 Å². The Hall–Kier alpha value is -7.61. The molecule has 13 rings (SSSR count). The van der Waals surface area contributed by atoms with Crippen LogP contribution in [0.25, 0.3) is 126 Å². The van der Waals surface area contributed by atoms with Crippen LogP contribution in [0.15, 0.2) is 179 Å². The third-order valence-electron chi connectivity index (χ3n) is 11.5. The van der Waals surface area contributed by atoms with E-state index in [1.165, 1.54) is 20.2 Å². The highest BCUT2D eigenvalue weighted by molar-refractivity contribution is 7.25. The first kappa shape index (κ1) is 31.6. The minimum atomic E-state index is 0.522. The smallest absolute Gasteiger partial charge is 0.238 e. The van der Waals surface area contributed by atoms with Gasteiger partial charge in [-0.15, -0.1) is 11.3 Å². The largest absolute Gasteiger partial charge is 0.456 e. The quantitative estimate of drug-likeness (QED) is 0.179. The number of fused-ring (bicyclic) bond motifs is 13. The molecule has 0 aliphatic carbocycles. The second-order valence-electron chi connectivity index (χ2n) is 14.7. The molecule has 0 bridgehead atoms. The van der Waals surface area contributed by atoms with Crippen LogP contribution in [0.2, 0.25) is 0 Å². The monoisotopic (exact) mass is 760 g/mol. The van der Waals surface area contributed by atoms with E-state index in [2.05, 4.69) is 150 Å². The molecule has 0 aliphatic rings. The maximum Gasteiger partial charge on any atom is 0.238 e. The number of hydrogen-bond acceptors (Lipinski definition) is 6. The van der Waals surface area contributed by atoms with Gasteiger partial charge in [0.15, 0.2) is 11.6 Å². The number of aromatic nitrogens is 4. The summed E-state index contributed by atoms with van der Waals surface area (Å²) in [7, 11) is 0. The number of rotatable bonds is 4. The summed E-state index contributed by atoms with van der Waals surface area (Å²) in [5.41, 5.74) is 9.29. The van der Waals surface area contributed by atoms with E-state index >= 15 is 0 Å². The van der Waals surface area contributed by atoms with Crippen LogP contribution in [-0.2, 0) is 0 Å². The van der Waals surface area contributed by atoms with E-state index in [-0.39, 0.29) is 0 Å². The van der Waals surface area contributed by atoms with Gasteiger partial charge >= 0.3 is 0 Å². The highest BCUT2D eigenvalue weighted by atomic mass is 32.1. The fourth-order valence-corrected chi connectivity index (χ4v) is 10.0. The molecule has 8 aromatic carbocycles. The van der Waals surface area contributed by atoms with Gasteiger partial charge in [-0.1, -0.05) is 115 Å². The highest BCUT2D eigenvalue weighted by Crippen LogP contribution is 2.42. The van der Waals surface area contributed by atoms with E-state index in [1.54, 1.807) is 11.3 Å². The summed E-state index contributed by atoms with van der Waals surface area (Å²) in [6.45, 7) is 0. The minimum absolute atomic E-state index is 0.522. The molecule has 0 atom stereocenters. The first-order valence-electron chi connectivity index (χ1n) is 19.3. The normalized spacial score (nSPS) is 12.1. The van der Waals surface area contributed by atoms with Gasteiger partial charge in [0.25, 0.3) is 0 Å². The van der Waals surface area contributed by atoms with Crippen molar-refractivity contribution in [3.05, 3.63) is 170 Å². The summed E-state index contributed by atoms with van der Waals surface area (Å²) in [5, 5.41) is 8.87. The van der Waals surface area contributed by atoms with Gasteiger partial charge in [-0.05, 0) is 65.7 Å². The fourth-order valence-electron chi connectivity index (χ4n) is 8.86. The molecule has 0 saturated heterocycles.